The van der Waals surface area contributed by atoms with Gasteiger partial charge in [-0.1, -0.05) is 30.3 Å². The zero-order valence-electron chi connectivity index (χ0n) is 11.2. The Morgan fingerprint density at radius 2 is 2.00 bits per heavy atom. The number of aromatic nitrogens is 2. The van der Waals surface area contributed by atoms with Crippen molar-refractivity contribution in [2.24, 2.45) is 0 Å². The zero-order valence-corrected chi connectivity index (χ0v) is 11.2. The number of nitrogens with zero attached hydrogens (tertiary/aromatic N) is 2. The van der Waals surface area contributed by atoms with Gasteiger partial charge in [0, 0.05) is 0 Å². The number of carbonyl (C=O) groups is 1. The predicted molar refractivity (Wildman–Crippen MR) is 72.5 cm³/mol. The van der Waals surface area contributed by atoms with Crippen molar-refractivity contribution >= 4 is 5.97 Å². The van der Waals surface area contributed by atoms with Crippen LogP contribution in [0.5, 0.6) is 5.88 Å². The van der Waals surface area contributed by atoms with Gasteiger partial charge in [-0.05, 0) is 12.5 Å². The molecule has 1 aromatic heterocycles. The van der Waals surface area contributed by atoms with Gasteiger partial charge >= 0.3 is 11.7 Å². The molecule has 1 aromatic carbocycles. The van der Waals surface area contributed by atoms with Crippen molar-refractivity contribution in [3.63, 3.8) is 0 Å². The average Bonchev–Trinajstić information content (AvgIpc) is 2.68. The largest absolute Gasteiger partial charge is 0.493 e. The van der Waals surface area contributed by atoms with Gasteiger partial charge in [-0.15, -0.1) is 0 Å². The molecule has 1 heterocycles. The number of ether oxygens (including phenoxy) is 1. The molecule has 1 N–H and O–H groups in total. The molecule has 106 valence electrons. The van der Waals surface area contributed by atoms with Gasteiger partial charge in [-0.2, -0.15) is 0 Å². The fourth-order valence-electron chi connectivity index (χ4n) is 1.89. The van der Waals surface area contributed by atoms with Crippen molar-refractivity contribution in [2.75, 3.05) is 6.61 Å². The number of benzene rings is 1. The Hall–Kier alpha value is -2.50. The monoisotopic (exact) mass is 276 g/mol. The average molecular weight is 276 g/mol. The molecule has 0 saturated heterocycles. The fourth-order valence-corrected chi connectivity index (χ4v) is 1.89. The maximum absolute atomic E-state index is 12.1. The Bertz CT molecular complexity index is 643. The van der Waals surface area contributed by atoms with E-state index in [1.807, 2.05) is 30.3 Å². The van der Waals surface area contributed by atoms with E-state index in [0.717, 1.165) is 10.1 Å². The van der Waals surface area contributed by atoms with Crippen LogP contribution in [0.25, 0.3) is 0 Å². The highest BCUT2D eigenvalue weighted by atomic mass is 16.5. The molecule has 2 rings (SSSR count). The van der Waals surface area contributed by atoms with Crippen molar-refractivity contribution in [1.82, 2.24) is 9.13 Å². The fraction of sp³-hybridized carbons (Fsp3) is 0.286. The van der Waals surface area contributed by atoms with Gasteiger partial charge in [0.1, 0.15) is 6.54 Å². The number of esters is 1. The van der Waals surface area contributed by atoms with Crippen LogP contribution in [0.4, 0.5) is 0 Å². The highest BCUT2D eigenvalue weighted by Crippen LogP contribution is 2.09. The highest BCUT2D eigenvalue weighted by Gasteiger charge is 2.13. The Morgan fingerprint density at radius 1 is 1.30 bits per heavy atom. The molecule has 0 aliphatic rings. The number of aromatic hydroxyl groups is 1. The van der Waals surface area contributed by atoms with Crippen LogP contribution in [-0.2, 0) is 22.6 Å². The highest BCUT2D eigenvalue weighted by molar-refractivity contribution is 5.69. The van der Waals surface area contributed by atoms with E-state index in [0.29, 0.717) is 0 Å². The van der Waals surface area contributed by atoms with E-state index in [1.54, 1.807) is 6.92 Å². The summed E-state index contributed by atoms with van der Waals surface area (Å²) in [6.07, 6.45) is 1.24. The summed E-state index contributed by atoms with van der Waals surface area (Å²) in [5, 5.41) is 9.81. The first-order valence-electron chi connectivity index (χ1n) is 6.30. The van der Waals surface area contributed by atoms with Crippen molar-refractivity contribution in [3.05, 3.63) is 52.6 Å². The first-order chi connectivity index (χ1) is 9.61. The summed E-state index contributed by atoms with van der Waals surface area (Å²) < 4.78 is 7.12. The number of rotatable bonds is 5. The second-order valence-corrected chi connectivity index (χ2v) is 4.27. The molecule has 6 nitrogen and oxygen atoms in total. The molecule has 0 unspecified atom stereocenters. The minimum absolute atomic E-state index is 0.178. The number of imidazole rings is 1. The summed E-state index contributed by atoms with van der Waals surface area (Å²) in [6.45, 7) is 1.99. The van der Waals surface area contributed by atoms with Crippen LogP contribution in [0, 0.1) is 0 Å². The summed E-state index contributed by atoms with van der Waals surface area (Å²) in [5.41, 5.74) is 0.443. The van der Waals surface area contributed by atoms with E-state index < -0.39 is 11.7 Å². The summed E-state index contributed by atoms with van der Waals surface area (Å²) in [7, 11) is 0. The third-order valence-corrected chi connectivity index (χ3v) is 2.81. The number of hydrogen-bond acceptors (Lipinski definition) is 4. The van der Waals surface area contributed by atoms with Gasteiger partial charge in [0.25, 0.3) is 0 Å². The van der Waals surface area contributed by atoms with Crippen LogP contribution in [0.3, 0.4) is 0 Å². The van der Waals surface area contributed by atoms with Crippen molar-refractivity contribution in [1.29, 1.82) is 0 Å². The van der Waals surface area contributed by atoms with E-state index >= 15 is 0 Å². The zero-order chi connectivity index (χ0) is 14.5. The van der Waals surface area contributed by atoms with Crippen LogP contribution < -0.4 is 5.69 Å². The van der Waals surface area contributed by atoms with E-state index in [1.165, 1.54) is 10.8 Å². The smallest absolute Gasteiger partial charge is 0.331 e. The quantitative estimate of drug-likeness (QED) is 0.826. The maximum atomic E-state index is 12.1. The van der Waals surface area contributed by atoms with E-state index in [-0.39, 0.29) is 25.6 Å². The third kappa shape index (κ3) is 3.09. The first-order valence-corrected chi connectivity index (χ1v) is 6.30. The summed E-state index contributed by atoms with van der Waals surface area (Å²) in [4.78, 5) is 23.5. The summed E-state index contributed by atoms with van der Waals surface area (Å²) in [5.74, 6) is -0.686. The van der Waals surface area contributed by atoms with Crippen molar-refractivity contribution in [2.45, 2.75) is 20.0 Å². The molecule has 0 radical (unpaired) electrons. The SMILES string of the molecule is CCOC(=O)Cn1cc(O)n(Cc2ccccc2)c1=O. The van der Waals surface area contributed by atoms with E-state index in [9.17, 15) is 14.7 Å². The molecule has 0 fully saturated rings. The van der Waals surface area contributed by atoms with E-state index in [2.05, 4.69) is 0 Å². The molecule has 6 heteroatoms. The van der Waals surface area contributed by atoms with Gasteiger partial charge in [0.15, 0.2) is 0 Å². The summed E-state index contributed by atoms with van der Waals surface area (Å²) in [6, 6.07) is 9.29. The lowest BCUT2D eigenvalue weighted by Gasteiger charge is -2.03. The molecule has 0 bridgehead atoms. The minimum Gasteiger partial charge on any atom is -0.493 e. The Morgan fingerprint density at radius 3 is 2.65 bits per heavy atom. The van der Waals surface area contributed by atoms with Crippen LogP contribution in [0.15, 0.2) is 41.3 Å². The minimum atomic E-state index is -0.508. The van der Waals surface area contributed by atoms with E-state index in [4.69, 9.17) is 4.74 Å². The summed E-state index contributed by atoms with van der Waals surface area (Å²) >= 11 is 0. The Labute approximate surface area is 115 Å². The molecular formula is C14H16N2O4. The Kier molecular flexibility index (Phi) is 4.24. The molecule has 0 saturated carbocycles. The van der Waals surface area contributed by atoms with Crippen molar-refractivity contribution in [3.8, 4) is 5.88 Å². The second-order valence-electron chi connectivity index (χ2n) is 4.27. The lowest BCUT2D eigenvalue weighted by Crippen LogP contribution is -2.27. The van der Waals surface area contributed by atoms with Gasteiger partial charge < -0.3 is 9.84 Å². The molecule has 2 aromatic rings. The predicted octanol–water partition coefficient (Wildman–Crippen LogP) is 0.967. The topological polar surface area (TPSA) is 73.5 Å². The molecule has 20 heavy (non-hydrogen) atoms. The second kappa shape index (κ2) is 6.10. The molecule has 0 aliphatic carbocycles. The molecule has 0 aliphatic heterocycles. The van der Waals surface area contributed by atoms with Crippen LogP contribution >= 0.6 is 0 Å². The lowest BCUT2D eigenvalue weighted by molar-refractivity contribution is -0.143. The van der Waals surface area contributed by atoms with Crippen LogP contribution in [0.1, 0.15) is 12.5 Å². The van der Waals surface area contributed by atoms with Crippen LogP contribution in [0.2, 0.25) is 0 Å². The Balaban J connectivity index is 2.21. The third-order valence-electron chi connectivity index (χ3n) is 2.81. The van der Waals surface area contributed by atoms with Gasteiger partial charge in [0.2, 0.25) is 5.88 Å². The maximum Gasteiger partial charge on any atom is 0.331 e. The van der Waals surface area contributed by atoms with Gasteiger partial charge in [-0.25, -0.2) is 4.79 Å². The first kappa shape index (κ1) is 13.9. The van der Waals surface area contributed by atoms with Crippen molar-refractivity contribution < 1.29 is 14.6 Å². The molecular weight excluding hydrogens is 260 g/mol. The molecule has 0 spiro atoms. The lowest BCUT2D eigenvalue weighted by atomic mass is 10.2. The number of hydrogen-bond donors (Lipinski definition) is 1. The number of carbonyl (C=O) groups excluding carboxylic acids is 1. The van der Waals surface area contributed by atoms with Gasteiger partial charge in [0.05, 0.1) is 19.3 Å². The van der Waals surface area contributed by atoms with Crippen LogP contribution in [-0.4, -0.2) is 26.8 Å². The molecule has 0 amide bonds. The molecule has 0 atom stereocenters. The standard InChI is InChI=1S/C14H16N2O4/c1-2-20-13(18)10-15-9-12(17)16(14(15)19)8-11-6-4-3-5-7-11/h3-7,9,17H,2,8,10H2,1H3. The normalized spacial score (nSPS) is 10.4. The van der Waals surface area contributed by atoms with Gasteiger partial charge in [-0.3, -0.25) is 13.9 Å².